The Balaban J connectivity index is 1.67. The number of aryl methyl sites for hydroxylation is 1. The van der Waals surface area contributed by atoms with E-state index in [1.54, 1.807) is 11.0 Å². The number of carbonyl (C=O) groups excluding carboxylic acids is 3. The predicted molar refractivity (Wildman–Crippen MR) is 84.3 cm³/mol. The molecule has 1 atom stereocenters. The van der Waals surface area contributed by atoms with Gasteiger partial charge >= 0.3 is 6.03 Å². The summed E-state index contributed by atoms with van der Waals surface area (Å²) in [6.45, 7) is 2.24. The number of halogens is 1. The highest BCUT2D eigenvalue weighted by Gasteiger charge is 2.47. The van der Waals surface area contributed by atoms with Gasteiger partial charge in [0.15, 0.2) is 0 Å². The molecule has 1 unspecified atom stereocenters. The van der Waals surface area contributed by atoms with Gasteiger partial charge in [0.25, 0.3) is 5.91 Å². The zero-order chi connectivity index (χ0) is 15.9. The highest BCUT2D eigenvalue weighted by molar-refractivity contribution is 9.10. The van der Waals surface area contributed by atoms with E-state index in [4.69, 9.17) is 0 Å². The van der Waals surface area contributed by atoms with Crippen LogP contribution in [0.1, 0.15) is 18.4 Å². The van der Waals surface area contributed by atoms with Crippen molar-refractivity contribution in [1.29, 1.82) is 0 Å². The van der Waals surface area contributed by atoms with Gasteiger partial charge < -0.3 is 10.2 Å². The Bertz CT molecular complexity index is 639. The summed E-state index contributed by atoms with van der Waals surface area (Å²) in [5.74, 6) is -0.626. The van der Waals surface area contributed by atoms with Crippen LogP contribution < -0.4 is 5.32 Å². The highest BCUT2D eigenvalue weighted by Crippen LogP contribution is 2.27. The van der Waals surface area contributed by atoms with Gasteiger partial charge in [0.1, 0.15) is 12.6 Å². The minimum absolute atomic E-state index is 0.236. The number of hydrogen-bond donors (Lipinski definition) is 1. The summed E-state index contributed by atoms with van der Waals surface area (Å²) in [7, 11) is 0. The topological polar surface area (TPSA) is 69.7 Å². The lowest BCUT2D eigenvalue weighted by Gasteiger charge is -2.16. The Morgan fingerprint density at radius 1 is 1.41 bits per heavy atom. The summed E-state index contributed by atoms with van der Waals surface area (Å²) in [4.78, 5) is 39.0. The van der Waals surface area contributed by atoms with Crippen molar-refractivity contribution in [1.82, 2.24) is 9.80 Å². The van der Waals surface area contributed by atoms with Gasteiger partial charge in [-0.1, -0.05) is 15.9 Å². The molecule has 0 aliphatic carbocycles. The summed E-state index contributed by atoms with van der Waals surface area (Å²) in [5.41, 5.74) is 1.58. The second kappa shape index (κ2) is 5.72. The zero-order valence-electron chi connectivity index (χ0n) is 12.1. The maximum Gasteiger partial charge on any atom is 0.327 e. The van der Waals surface area contributed by atoms with E-state index in [-0.39, 0.29) is 30.4 Å². The first-order valence-corrected chi connectivity index (χ1v) is 7.94. The van der Waals surface area contributed by atoms with Crippen molar-refractivity contribution in [2.75, 3.05) is 18.4 Å². The molecule has 2 aliphatic rings. The fourth-order valence-electron chi connectivity index (χ4n) is 2.93. The number of imide groups is 1. The van der Waals surface area contributed by atoms with Gasteiger partial charge in [-0.2, -0.15) is 0 Å². The highest BCUT2D eigenvalue weighted by atomic mass is 79.9. The number of anilines is 1. The summed E-state index contributed by atoms with van der Waals surface area (Å²) in [6.07, 6.45) is 1.54. The van der Waals surface area contributed by atoms with E-state index in [0.29, 0.717) is 18.7 Å². The first-order chi connectivity index (χ1) is 10.5. The molecule has 6 nitrogen and oxygen atoms in total. The zero-order valence-corrected chi connectivity index (χ0v) is 13.7. The smallest absolute Gasteiger partial charge is 0.324 e. The Labute approximate surface area is 136 Å². The minimum Gasteiger partial charge on any atom is -0.324 e. The molecule has 2 saturated heterocycles. The second-order valence-corrected chi connectivity index (χ2v) is 6.48. The quantitative estimate of drug-likeness (QED) is 0.834. The molecular weight excluding hydrogens is 350 g/mol. The number of urea groups is 1. The molecule has 0 bridgehead atoms. The molecule has 22 heavy (non-hydrogen) atoms. The van der Waals surface area contributed by atoms with Crippen molar-refractivity contribution in [2.45, 2.75) is 25.8 Å². The summed E-state index contributed by atoms with van der Waals surface area (Å²) in [5, 5.41) is 2.75. The molecule has 116 valence electrons. The van der Waals surface area contributed by atoms with Gasteiger partial charge in [0.2, 0.25) is 5.91 Å². The molecule has 2 heterocycles. The van der Waals surface area contributed by atoms with E-state index in [9.17, 15) is 14.4 Å². The normalized spacial score (nSPS) is 20.5. The summed E-state index contributed by atoms with van der Waals surface area (Å²) in [6, 6.07) is 4.77. The van der Waals surface area contributed by atoms with Gasteiger partial charge in [-0.25, -0.2) is 4.79 Å². The van der Waals surface area contributed by atoms with Gasteiger partial charge in [-0.3, -0.25) is 14.5 Å². The van der Waals surface area contributed by atoms with Gasteiger partial charge in [0.05, 0.1) is 0 Å². The number of carbonyl (C=O) groups is 3. The largest absolute Gasteiger partial charge is 0.327 e. The molecular formula is C15H16BrN3O3. The summed E-state index contributed by atoms with van der Waals surface area (Å²) >= 11 is 3.36. The van der Waals surface area contributed by atoms with Crippen molar-refractivity contribution < 1.29 is 14.4 Å². The number of nitrogens with zero attached hydrogens (tertiary/aromatic N) is 2. The van der Waals surface area contributed by atoms with Crippen molar-refractivity contribution >= 4 is 39.5 Å². The first-order valence-electron chi connectivity index (χ1n) is 7.15. The monoisotopic (exact) mass is 365 g/mol. The van der Waals surface area contributed by atoms with Crippen LogP contribution in [0, 0.1) is 6.92 Å². The van der Waals surface area contributed by atoms with Crippen molar-refractivity contribution in [2.24, 2.45) is 0 Å². The van der Waals surface area contributed by atoms with Crippen LogP contribution in [0.4, 0.5) is 10.5 Å². The lowest BCUT2D eigenvalue weighted by Crippen LogP contribution is -2.39. The van der Waals surface area contributed by atoms with Gasteiger partial charge in [-0.15, -0.1) is 0 Å². The van der Waals surface area contributed by atoms with Crippen LogP contribution in [0.25, 0.3) is 0 Å². The van der Waals surface area contributed by atoms with Crippen molar-refractivity contribution in [3.05, 3.63) is 28.2 Å². The number of hydrogen-bond acceptors (Lipinski definition) is 3. The molecule has 1 aromatic carbocycles. The van der Waals surface area contributed by atoms with Gasteiger partial charge in [0, 0.05) is 16.7 Å². The molecule has 7 heteroatoms. The van der Waals surface area contributed by atoms with Crippen LogP contribution >= 0.6 is 15.9 Å². The number of amides is 4. The molecule has 0 spiro atoms. The SMILES string of the molecule is Cc1cc(Br)ccc1NC(=O)CN1C(=O)C2CCCN2C1=O. The second-order valence-electron chi connectivity index (χ2n) is 5.57. The average molecular weight is 366 g/mol. The van der Waals surface area contributed by atoms with E-state index < -0.39 is 0 Å². The Kier molecular flexibility index (Phi) is 3.90. The standard InChI is InChI=1S/C15H16BrN3O3/c1-9-7-10(16)4-5-11(9)17-13(20)8-19-14(21)12-3-2-6-18(12)15(19)22/h4-5,7,12H,2-3,6,8H2,1H3,(H,17,20). The number of nitrogens with one attached hydrogen (secondary N) is 1. The average Bonchev–Trinajstić information content (AvgIpc) is 3.02. The summed E-state index contributed by atoms with van der Waals surface area (Å²) < 4.78 is 0.925. The van der Waals surface area contributed by atoms with E-state index in [1.165, 1.54) is 0 Å². The van der Waals surface area contributed by atoms with Crippen LogP contribution in [0.3, 0.4) is 0 Å². The maximum absolute atomic E-state index is 12.2. The van der Waals surface area contributed by atoms with Crippen LogP contribution in [0.15, 0.2) is 22.7 Å². The third kappa shape index (κ3) is 2.61. The molecule has 2 fully saturated rings. The molecule has 2 aliphatic heterocycles. The first kappa shape index (κ1) is 15.0. The van der Waals surface area contributed by atoms with Crippen LogP contribution in [0.2, 0.25) is 0 Å². The number of rotatable bonds is 3. The Hall–Kier alpha value is -1.89. The third-order valence-electron chi connectivity index (χ3n) is 4.04. The Morgan fingerprint density at radius 3 is 2.86 bits per heavy atom. The van der Waals surface area contributed by atoms with E-state index in [2.05, 4.69) is 21.2 Å². The third-order valence-corrected chi connectivity index (χ3v) is 4.54. The van der Waals surface area contributed by atoms with Crippen molar-refractivity contribution in [3.8, 4) is 0 Å². The molecule has 3 rings (SSSR count). The maximum atomic E-state index is 12.2. The predicted octanol–water partition coefficient (Wildman–Crippen LogP) is 2.12. The molecule has 1 N–H and O–H groups in total. The lowest BCUT2D eigenvalue weighted by molar-refractivity contribution is -0.131. The van der Waals surface area contributed by atoms with Crippen molar-refractivity contribution in [3.63, 3.8) is 0 Å². The lowest BCUT2D eigenvalue weighted by atomic mass is 10.2. The Morgan fingerprint density at radius 2 is 2.18 bits per heavy atom. The van der Waals surface area contributed by atoms with E-state index in [1.807, 2.05) is 19.1 Å². The fourth-order valence-corrected chi connectivity index (χ4v) is 3.40. The van der Waals surface area contributed by atoms with Crippen LogP contribution in [-0.4, -0.2) is 46.8 Å². The minimum atomic E-state index is -0.367. The van der Waals surface area contributed by atoms with Crippen LogP contribution in [-0.2, 0) is 9.59 Å². The molecule has 0 radical (unpaired) electrons. The molecule has 0 aromatic heterocycles. The van der Waals surface area contributed by atoms with E-state index in [0.717, 1.165) is 21.4 Å². The molecule has 1 aromatic rings. The number of benzene rings is 1. The van der Waals surface area contributed by atoms with E-state index >= 15 is 0 Å². The fraction of sp³-hybridized carbons (Fsp3) is 0.400. The molecule has 4 amide bonds. The number of fused-ring (bicyclic) bond motifs is 1. The van der Waals surface area contributed by atoms with Crippen LogP contribution in [0.5, 0.6) is 0 Å². The molecule has 0 saturated carbocycles. The van der Waals surface area contributed by atoms with Gasteiger partial charge in [-0.05, 0) is 43.5 Å².